The zero-order valence-corrected chi connectivity index (χ0v) is 26.6. The van der Waals surface area contributed by atoms with Gasteiger partial charge in [-0.2, -0.15) is 0 Å². The quantitative estimate of drug-likeness (QED) is 0.129. The molecule has 44 heavy (non-hydrogen) atoms. The highest BCUT2D eigenvalue weighted by atomic mass is 28.3. The fourth-order valence-corrected chi connectivity index (χ4v) is 10.3. The maximum Gasteiger partial charge on any atom is 0.241 e. The van der Waals surface area contributed by atoms with Crippen molar-refractivity contribution < 1.29 is 0 Å². The van der Waals surface area contributed by atoms with Gasteiger partial charge in [0.25, 0.3) is 0 Å². The van der Waals surface area contributed by atoms with Crippen molar-refractivity contribution in [3.05, 3.63) is 183 Å². The van der Waals surface area contributed by atoms with Crippen LogP contribution in [-0.4, -0.2) is 24.3 Å². The first kappa shape index (κ1) is 30.8. The van der Waals surface area contributed by atoms with Crippen LogP contribution in [-0.2, 0) is 6.17 Å². The second-order valence-corrected chi connectivity index (χ2v) is 15.2. The number of allylic oxidation sites excluding steroid dienone is 2. The normalized spacial score (nSPS) is 11.1. The Morgan fingerprint density at radius 1 is 0.591 bits per heavy atom. The molecule has 0 amide bonds. The molecule has 6 aromatic rings. The van der Waals surface area contributed by atoms with Gasteiger partial charge in [0.1, 0.15) is 8.07 Å². The van der Waals surface area contributed by atoms with Gasteiger partial charge in [0, 0.05) is 18.6 Å². The van der Waals surface area contributed by atoms with Crippen molar-refractivity contribution in [3.8, 4) is 0 Å². The van der Waals surface area contributed by atoms with Crippen LogP contribution in [0.5, 0.6) is 0 Å². The van der Waals surface area contributed by atoms with Gasteiger partial charge in [0.2, 0.25) is 6.71 Å². The van der Waals surface area contributed by atoms with E-state index in [0.29, 0.717) is 6.71 Å². The van der Waals surface area contributed by atoms with Crippen LogP contribution in [0.1, 0.15) is 19.8 Å². The van der Waals surface area contributed by atoms with Crippen molar-refractivity contribution >= 4 is 41.5 Å². The molecule has 4 heteroatoms. The van der Waals surface area contributed by atoms with Crippen molar-refractivity contribution in [1.82, 2.24) is 9.55 Å². The number of hydrogen-bond donors (Lipinski definition) is 0. The number of benzene rings is 5. The summed E-state index contributed by atoms with van der Waals surface area (Å²) in [6.07, 6.45) is 14.0. The molecule has 218 valence electrons. The molecule has 0 radical (unpaired) electrons. The van der Waals surface area contributed by atoms with E-state index in [9.17, 15) is 0 Å². The highest BCUT2D eigenvalue weighted by molar-refractivity contribution is 7.01. The zero-order chi connectivity index (χ0) is 30.3. The molecule has 1 heterocycles. The van der Waals surface area contributed by atoms with Crippen LogP contribution >= 0.6 is 0 Å². The number of unbranched alkanes of at least 4 members (excludes halogenated alkanes) is 1. The summed E-state index contributed by atoms with van der Waals surface area (Å²) in [7, 11) is -1.97. The van der Waals surface area contributed by atoms with Gasteiger partial charge in [-0.05, 0) is 12.5 Å². The first-order chi connectivity index (χ1) is 21.8. The lowest BCUT2D eigenvalue weighted by Crippen LogP contribution is -2.61. The van der Waals surface area contributed by atoms with E-state index in [1.54, 1.807) is 0 Å². The Balaban J connectivity index is 0.000000181. The number of imidazole rings is 1. The maximum atomic E-state index is 4.27. The predicted octanol–water partition coefficient (Wildman–Crippen LogP) is 6.24. The summed E-state index contributed by atoms with van der Waals surface area (Å²) in [6.45, 7) is 2.54. The first-order valence-corrected chi connectivity index (χ1v) is 18.1. The highest BCUT2D eigenvalue weighted by Crippen LogP contribution is 2.16. The molecule has 0 atom stereocenters. The number of rotatable bonds is 11. The molecular weight excluding hydrogens is 547 g/mol. The third kappa shape index (κ3) is 8.03. The summed E-state index contributed by atoms with van der Waals surface area (Å²) in [6, 6.07) is 55.3. The minimum absolute atomic E-state index is 0.309. The van der Waals surface area contributed by atoms with Crippen molar-refractivity contribution in [3.63, 3.8) is 0 Å². The smallest absolute Gasteiger partial charge is 0.241 e. The van der Waals surface area contributed by atoms with E-state index >= 15 is 0 Å². The predicted molar refractivity (Wildman–Crippen MR) is 193 cm³/mol. The van der Waals surface area contributed by atoms with Crippen LogP contribution in [0.15, 0.2) is 183 Å². The third-order valence-corrected chi connectivity index (χ3v) is 12.9. The van der Waals surface area contributed by atoms with Crippen molar-refractivity contribution in [2.24, 2.45) is 0 Å². The molecule has 0 spiro atoms. The molecule has 0 bridgehead atoms. The topological polar surface area (TPSA) is 17.8 Å². The molecule has 0 saturated heterocycles. The van der Waals surface area contributed by atoms with Crippen LogP contribution in [0.25, 0.3) is 0 Å². The fourth-order valence-electron chi connectivity index (χ4n) is 5.94. The van der Waals surface area contributed by atoms with E-state index in [1.165, 1.54) is 33.2 Å². The lowest BCUT2D eigenvalue weighted by molar-refractivity contribution is 0.854. The summed E-state index contributed by atoms with van der Waals surface area (Å²) < 4.78 is 2.25. The van der Waals surface area contributed by atoms with Gasteiger partial charge in [-0.3, -0.25) is 0 Å². The van der Waals surface area contributed by atoms with E-state index in [0.717, 1.165) is 18.6 Å². The van der Waals surface area contributed by atoms with Crippen molar-refractivity contribution in [2.45, 2.75) is 32.0 Å². The summed E-state index contributed by atoms with van der Waals surface area (Å²) >= 11 is 0. The second-order valence-electron chi connectivity index (χ2n) is 11.2. The minimum Gasteiger partial charge on any atom is -0.340 e. The molecule has 6 rings (SSSR count). The number of hydrogen-bond acceptors (Lipinski definition) is 1. The van der Waals surface area contributed by atoms with Crippen LogP contribution in [0, 0.1) is 0 Å². The Hall–Kier alpha value is -4.67. The molecule has 1 aromatic heterocycles. The lowest BCUT2D eigenvalue weighted by atomic mass is 9.37. The Morgan fingerprint density at radius 3 is 1.41 bits per heavy atom. The Kier molecular flexibility index (Phi) is 11.4. The van der Waals surface area contributed by atoms with E-state index in [4.69, 9.17) is 0 Å². The largest absolute Gasteiger partial charge is 0.340 e. The van der Waals surface area contributed by atoms with E-state index in [2.05, 4.69) is 186 Å². The van der Waals surface area contributed by atoms with Crippen molar-refractivity contribution in [1.29, 1.82) is 0 Å². The van der Waals surface area contributed by atoms with Crippen LogP contribution in [0.2, 0.25) is 6.04 Å². The van der Waals surface area contributed by atoms with Gasteiger partial charge in [-0.25, -0.2) is 4.98 Å². The van der Waals surface area contributed by atoms with Gasteiger partial charge in [0.05, 0.1) is 6.33 Å². The molecular formula is C40H41BN2Si. The number of nitrogens with zero attached hydrogens (tertiary/aromatic N) is 2. The van der Waals surface area contributed by atoms with Crippen LogP contribution < -0.4 is 26.8 Å². The Morgan fingerprint density at radius 2 is 1.02 bits per heavy atom. The molecule has 0 aliphatic carbocycles. The molecule has 0 fully saturated rings. The Labute approximate surface area is 264 Å². The van der Waals surface area contributed by atoms with Gasteiger partial charge in [-0.1, -0.05) is 204 Å². The first-order valence-electron chi connectivity index (χ1n) is 15.7. The molecule has 0 saturated carbocycles. The molecule has 0 aliphatic rings. The van der Waals surface area contributed by atoms with Crippen LogP contribution in [0.4, 0.5) is 0 Å². The second kappa shape index (κ2) is 16.3. The average Bonchev–Trinajstić information content (AvgIpc) is 3.62. The summed E-state index contributed by atoms with van der Waals surface area (Å²) in [4.78, 5) is 4.27. The standard InChI is InChI=1S/C22H26N2Si.C18H15B/c1-2-3-4-11-18-25(20-24-17-16-23-19-24,21-12-7-5-8-13-21)22-14-9-6-10-15-22;1-4-10-16(11-5-1)19(17-12-6-2-7-13-17)18-14-8-3-9-15-18/h4-17,19H,2-3,18,20H2,1H3;1-15H. The molecule has 0 unspecified atom stereocenters. The van der Waals surface area contributed by atoms with Gasteiger partial charge in [0.15, 0.2) is 0 Å². The average molecular weight is 589 g/mol. The minimum atomic E-state index is -1.97. The third-order valence-electron chi connectivity index (χ3n) is 8.15. The van der Waals surface area contributed by atoms with Crippen molar-refractivity contribution in [2.75, 3.05) is 0 Å². The highest BCUT2D eigenvalue weighted by Gasteiger charge is 2.36. The molecule has 2 nitrogen and oxygen atoms in total. The molecule has 0 N–H and O–H groups in total. The van der Waals surface area contributed by atoms with Crippen LogP contribution in [0.3, 0.4) is 0 Å². The zero-order valence-electron chi connectivity index (χ0n) is 25.6. The van der Waals surface area contributed by atoms with E-state index < -0.39 is 8.07 Å². The van der Waals surface area contributed by atoms with Gasteiger partial charge in [-0.15, -0.1) is 0 Å². The Bertz CT molecular complexity index is 1510. The summed E-state index contributed by atoms with van der Waals surface area (Å²) in [5.74, 6) is 0. The summed E-state index contributed by atoms with van der Waals surface area (Å²) in [5.41, 5.74) is 4.00. The molecule has 0 aliphatic heterocycles. The fraction of sp³-hybridized carbons (Fsp3) is 0.125. The molecule has 5 aromatic carbocycles. The summed E-state index contributed by atoms with van der Waals surface area (Å²) in [5, 5.41) is 2.96. The van der Waals surface area contributed by atoms with E-state index in [-0.39, 0.29) is 0 Å². The van der Waals surface area contributed by atoms with Gasteiger partial charge < -0.3 is 4.57 Å². The number of aromatic nitrogens is 2. The van der Waals surface area contributed by atoms with E-state index in [1.807, 2.05) is 12.5 Å². The monoisotopic (exact) mass is 588 g/mol. The maximum absolute atomic E-state index is 4.27. The SMILES string of the molecule is CCCC=CC[Si](Cn1ccnc1)(c1ccccc1)c1ccccc1.c1ccc(B(c2ccccc2)c2ccccc2)cc1. The van der Waals surface area contributed by atoms with Gasteiger partial charge >= 0.3 is 0 Å². The lowest BCUT2D eigenvalue weighted by Gasteiger charge is -2.32.